The molecule has 0 bridgehead atoms. The van der Waals surface area contributed by atoms with Crippen LogP contribution in [0.25, 0.3) is 27.7 Å². The van der Waals surface area contributed by atoms with Crippen LogP contribution in [0, 0.1) is 0 Å². The Morgan fingerprint density at radius 1 is 1.03 bits per heavy atom. The van der Waals surface area contributed by atoms with E-state index in [1.54, 1.807) is 0 Å². The van der Waals surface area contributed by atoms with Crippen LogP contribution in [0.1, 0.15) is 18.9 Å². The first-order chi connectivity index (χ1) is 14.7. The monoisotopic (exact) mass is 396 g/mol. The van der Waals surface area contributed by atoms with E-state index in [2.05, 4.69) is 61.6 Å². The van der Waals surface area contributed by atoms with Crippen molar-refractivity contribution in [3.63, 3.8) is 0 Å². The molecular weight excluding hydrogens is 372 g/mol. The van der Waals surface area contributed by atoms with Gasteiger partial charge in [0.1, 0.15) is 11.6 Å². The minimum Gasteiger partial charge on any atom is -0.356 e. The number of nitrogens with zero attached hydrogens (tertiary/aromatic N) is 5. The molecule has 4 aromatic rings. The number of aryl methyl sites for hydroxylation is 1. The molecule has 5 rings (SSSR count). The first-order valence-corrected chi connectivity index (χ1v) is 10.2. The predicted octanol–water partition coefficient (Wildman–Crippen LogP) is 4.71. The molecule has 1 fully saturated rings. The van der Waals surface area contributed by atoms with E-state index in [0.29, 0.717) is 0 Å². The minimum absolute atomic E-state index is 0.820. The molecule has 0 unspecified atom stereocenters. The van der Waals surface area contributed by atoms with Crippen LogP contribution in [0.15, 0.2) is 67.4 Å². The molecule has 1 aromatic carbocycles. The third kappa shape index (κ3) is 3.41. The third-order valence-corrected chi connectivity index (χ3v) is 5.62. The Hall–Kier alpha value is -3.67. The summed E-state index contributed by atoms with van der Waals surface area (Å²) < 4.78 is 2.03. The third-order valence-electron chi connectivity index (χ3n) is 5.62. The molecule has 0 spiro atoms. The van der Waals surface area contributed by atoms with Gasteiger partial charge in [-0.05, 0) is 43.0 Å². The van der Waals surface area contributed by atoms with Crippen molar-refractivity contribution in [3.8, 4) is 11.3 Å². The van der Waals surface area contributed by atoms with Gasteiger partial charge in [0.2, 0.25) is 0 Å². The topological polar surface area (TPSA) is 58.9 Å². The highest BCUT2D eigenvalue weighted by molar-refractivity contribution is 5.89. The van der Waals surface area contributed by atoms with Crippen molar-refractivity contribution < 1.29 is 0 Å². The summed E-state index contributed by atoms with van der Waals surface area (Å²) in [6.07, 6.45) is 10.8. The van der Waals surface area contributed by atoms with Crippen LogP contribution in [0.3, 0.4) is 0 Å². The maximum Gasteiger partial charge on any atom is 0.130 e. The molecule has 3 aromatic heterocycles. The van der Waals surface area contributed by atoms with Gasteiger partial charge in [0, 0.05) is 54.7 Å². The van der Waals surface area contributed by atoms with Gasteiger partial charge in [-0.2, -0.15) is 0 Å². The highest BCUT2D eigenvalue weighted by Crippen LogP contribution is 2.27. The van der Waals surface area contributed by atoms with Crippen molar-refractivity contribution in [2.24, 2.45) is 7.05 Å². The second-order valence-electron chi connectivity index (χ2n) is 7.59. The average Bonchev–Trinajstić information content (AvgIpc) is 3.16. The van der Waals surface area contributed by atoms with Crippen LogP contribution in [0.4, 0.5) is 11.6 Å². The van der Waals surface area contributed by atoms with Crippen molar-refractivity contribution in [1.82, 2.24) is 19.5 Å². The molecule has 0 saturated carbocycles. The van der Waals surface area contributed by atoms with E-state index in [4.69, 9.17) is 0 Å². The number of aromatic nitrogens is 4. The summed E-state index contributed by atoms with van der Waals surface area (Å²) in [5.74, 6) is 1.85. The van der Waals surface area contributed by atoms with Gasteiger partial charge in [-0.1, -0.05) is 18.2 Å². The van der Waals surface area contributed by atoms with Crippen molar-refractivity contribution >= 4 is 28.1 Å². The fourth-order valence-corrected chi connectivity index (χ4v) is 3.76. The van der Waals surface area contributed by atoms with Crippen LogP contribution in [0.2, 0.25) is 0 Å². The molecular formula is C24H24N6. The molecule has 0 atom stereocenters. The summed E-state index contributed by atoms with van der Waals surface area (Å²) in [6.45, 7) is 4.20. The zero-order valence-corrected chi connectivity index (χ0v) is 17.2. The summed E-state index contributed by atoms with van der Waals surface area (Å²) in [5.41, 5.74) is 4.36. The van der Waals surface area contributed by atoms with Crippen molar-refractivity contribution in [2.45, 2.75) is 13.3 Å². The highest BCUT2D eigenvalue weighted by atomic mass is 15.2. The van der Waals surface area contributed by atoms with E-state index < -0.39 is 0 Å². The number of nitrogens with one attached hydrogen (secondary N) is 1. The summed E-state index contributed by atoms with van der Waals surface area (Å²) in [4.78, 5) is 15.7. The molecule has 0 amide bonds. The van der Waals surface area contributed by atoms with Crippen LogP contribution in [0.5, 0.6) is 0 Å². The maximum atomic E-state index is 4.62. The molecule has 4 heterocycles. The number of hydrogen-bond acceptors (Lipinski definition) is 5. The second-order valence-corrected chi connectivity index (χ2v) is 7.59. The molecule has 30 heavy (non-hydrogen) atoms. The average molecular weight is 396 g/mol. The number of pyridine rings is 2. The molecule has 1 saturated heterocycles. The minimum atomic E-state index is 0.820. The van der Waals surface area contributed by atoms with Gasteiger partial charge in [0.05, 0.1) is 18.2 Å². The van der Waals surface area contributed by atoms with Crippen molar-refractivity contribution in [3.05, 3.63) is 73.0 Å². The van der Waals surface area contributed by atoms with Gasteiger partial charge in [-0.25, -0.2) is 15.0 Å². The van der Waals surface area contributed by atoms with Crippen LogP contribution in [-0.2, 0) is 7.05 Å². The molecule has 0 aliphatic carbocycles. The summed E-state index contributed by atoms with van der Waals surface area (Å²) in [6, 6.07) is 12.7. The lowest BCUT2D eigenvalue weighted by Crippen LogP contribution is -2.37. The first-order valence-electron chi connectivity index (χ1n) is 10.2. The van der Waals surface area contributed by atoms with Gasteiger partial charge in [0.15, 0.2) is 0 Å². The van der Waals surface area contributed by atoms with Crippen LogP contribution in [-0.4, -0.2) is 32.6 Å². The van der Waals surface area contributed by atoms with Crippen molar-refractivity contribution in [2.75, 3.05) is 23.3 Å². The van der Waals surface area contributed by atoms with Crippen molar-refractivity contribution in [1.29, 1.82) is 0 Å². The van der Waals surface area contributed by atoms with Gasteiger partial charge < -0.3 is 14.8 Å². The largest absolute Gasteiger partial charge is 0.356 e. The lowest BCUT2D eigenvalue weighted by molar-refractivity contribution is 0.609. The lowest BCUT2D eigenvalue weighted by Gasteiger charge is -2.32. The molecule has 1 N–H and O–H groups in total. The van der Waals surface area contributed by atoms with E-state index >= 15 is 0 Å². The Morgan fingerprint density at radius 3 is 2.67 bits per heavy atom. The van der Waals surface area contributed by atoms with Crippen LogP contribution >= 0.6 is 0 Å². The normalized spacial score (nSPS) is 14.1. The lowest BCUT2D eigenvalue weighted by atomic mass is 10.1. The number of benzene rings is 1. The Labute approximate surface area is 175 Å². The van der Waals surface area contributed by atoms with Gasteiger partial charge in [-0.3, -0.25) is 0 Å². The molecule has 1 aliphatic rings. The molecule has 6 heteroatoms. The van der Waals surface area contributed by atoms with Crippen LogP contribution < -0.4 is 10.2 Å². The number of imidazole rings is 1. The molecule has 150 valence electrons. The fraction of sp³-hybridized carbons (Fsp3) is 0.208. The zero-order valence-electron chi connectivity index (χ0n) is 17.2. The van der Waals surface area contributed by atoms with E-state index in [1.807, 2.05) is 49.5 Å². The van der Waals surface area contributed by atoms with Gasteiger partial charge >= 0.3 is 0 Å². The Morgan fingerprint density at radius 2 is 1.93 bits per heavy atom. The number of allylic oxidation sites excluding steroid dienone is 1. The zero-order chi connectivity index (χ0) is 20.5. The van der Waals surface area contributed by atoms with E-state index in [-0.39, 0.29) is 0 Å². The number of hydrogen-bond donors (Lipinski definition) is 1. The van der Waals surface area contributed by atoms with Gasteiger partial charge in [-0.15, -0.1) is 0 Å². The van der Waals surface area contributed by atoms with E-state index in [1.165, 1.54) is 6.42 Å². The Bertz CT molecular complexity index is 1240. The highest BCUT2D eigenvalue weighted by Gasteiger charge is 2.16. The first kappa shape index (κ1) is 18.4. The smallest absolute Gasteiger partial charge is 0.130 e. The van der Waals surface area contributed by atoms with E-state index in [0.717, 1.165) is 58.0 Å². The van der Waals surface area contributed by atoms with Gasteiger partial charge in [0.25, 0.3) is 0 Å². The standard InChI is InChI=1S/C24H24N6/c1-3-21(17-7-8-26-24(13-17)30-9-4-10-30)28-23-12-20-11-18(5-6-19(20)14-27-23)22-15-25-16-29(22)2/h3,5-8,11-16H,4,9-10H2,1-2H3,(H,27,28)/b21-3+. The number of rotatable bonds is 5. The Balaban J connectivity index is 1.44. The SMILES string of the molecule is C/C=C(/Nc1cc2cc(-c3cncn3C)ccc2cn1)c1ccnc(N2CCC2)c1. The molecule has 6 nitrogen and oxygen atoms in total. The number of fused-ring (bicyclic) bond motifs is 1. The quantitative estimate of drug-likeness (QED) is 0.529. The molecule has 0 radical (unpaired) electrons. The predicted molar refractivity (Wildman–Crippen MR) is 122 cm³/mol. The fourth-order valence-electron chi connectivity index (χ4n) is 3.76. The van der Waals surface area contributed by atoms with E-state index in [9.17, 15) is 0 Å². The summed E-state index contributed by atoms with van der Waals surface area (Å²) in [7, 11) is 2.01. The maximum absolute atomic E-state index is 4.62. The summed E-state index contributed by atoms with van der Waals surface area (Å²) >= 11 is 0. The Kier molecular flexibility index (Phi) is 4.67. The summed E-state index contributed by atoms with van der Waals surface area (Å²) in [5, 5.41) is 5.74. The number of anilines is 2. The second kappa shape index (κ2) is 7.63. The molecule has 1 aliphatic heterocycles.